The molecule has 0 aromatic carbocycles. The fourth-order valence-electron chi connectivity index (χ4n) is 1.03. The quantitative estimate of drug-likeness (QED) is 0.796. The highest BCUT2D eigenvalue weighted by atomic mass is 79.9. The molecular formula is C11H16BrNO2. The van der Waals surface area contributed by atoms with Gasteiger partial charge in [0.15, 0.2) is 5.75 Å². The smallest absolute Gasteiger partial charge is 0.257 e. The number of nitrogens with zero attached hydrogens (tertiary/aromatic N) is 1. The van der Waals surface area contributed by atoms with E-state index < -0.39 is 0 Å². The van der Waals surface area contributed by atoms with E-state index in [1.54, 1.807) is 6.20 Å². The van der Waals surface area contributed by atoms with E-state index in [-0.39, 0.29) is 0 Å². The molecule has 0 spiro atoms. The number of ether oxygens (including phenoxy) is 2. The van der Waals surface area contributed by atoms with Gasteiger partial charge in [-0.15, -0.1) is 0 Å². The molecule has 84 valence electrons. The maximum atomic E-state index is 5.55. The molecule has 0 amide bonds. The fraction of sp³-hybridized carbons (Fsp3) is 0.545. The maximum Gasteiger partial charge on any atom is 0.257 e. The Morgan fingerprint density at radius 2 is 1.87 bits per heavy atom. The second-order valence-corrected chi connectivity index (χ2v) is 4.07. The highest BCUT2D eigenvalue weighted by molar-refractivity contribution is 9.10. The van der Waals surface area contributed by atoms with E-state index in [1.165, 1.54) is 0 Å². The van der Waals surface area contributed by atoms with Crippen LogP contribution in [-0.2, 0) is 0 Å². The molecule has 0 bridgehead atoms. The van der Waals surface area contributed by atoms with Gasteiger partial charge in [-0.05, 0) is 28.8 Å². The van der Waals surface area contributed by atoms with Crippen LogP contribution in [0.25, 0.3) is 0 Å². The van der Waals surface area contributed by atoms with Crippen LogP contribution in [-0.4, -0.2) is 18.2 Å². The highest BCUT2D eigenvalue weighted by Crippen LogP contribution is 2.27. The first-order valence-electron chi connectivity index (χ1n) is 5.19. The average molecular weight is 274 g/mol. The minimum Gasteiger partial charge on any atom is -0.488 e. The van der Waals surface area contributed by atoms with Crippen LogP contribution in [0.1, 0.15) is 26.7 Å². The Balaban J connectivity index is 2.73. The van der Waals surface area contributed by atoms with Crippen molar-refractivity contribution in [3.05, 3.63) is 16.7 Å². The molecule has 0 unspecified atom stereocenters. The van der Waals surface area contributed by atoms with Crippen LogP contribution >= 0.6 is 15.9 Å². The summed E-state index contributed by atoms with van der Waals surface area (Å²) in [4.78, 5) is 4.17. The van der Waals surface area contributed by atoms with Gasteiger partial charge in [-0.2, -0.15) is 0 Å². The molecule has 1 aromatic heterocycles. The summed E-state index contributed by atoms with van der Waals surface area (Å²) in [7, 11) is 0. The monoisotopic (exact) mass is 273 g/mol. The van der Waals surface area contributed by atoms with Crippen molar-refractivity contribution in [1.82, 2.24) is 4.98 Å². The Hall–Kier alpha value is -0.770. The SMILES string of the molecule is CCCOc1cc(Br)cnc1OCCC. The molecule has 0 radical (unpaired) electrons. The third-order valence-electron chi connectivity index (χ3n) is 1.69. The Labute approximate surface area is 98.9 Å². The summed E-state index contributed by atoms with van der Waals surface area (Å²) in [6.45, 7) is 5.47. The number of pyridine rings is 1. The summed E-state index contributed by atoms with van der Waals surface area (Å²) < 4.78 is 11.9. The third kappa shape index (κ3) is 4.08. The Morgan fingerprint density at radius 3 is 2.53 bits per heavy atom. The molecule has 0 aliphatic rings. The molecule has 0 saturated heterocycles. The van der Waals surface area contributed by atoms with Crippen molar-refractivity contribution in [3.8, 4) is 11.6 Å². The first kappa shape index (κ1) is 12.3. The van der Waals surface area contributed by atoms with Gasteiger partial charge in [0.05, 0.1) is 13.2 Å². The van der Waals surface area contributed by atoms with Crippen molar-refractivity contribution in [2.75, 3.05) is 13.2 Å². The van der Waals surface area contributed by atoms with Crippen LogP contribution < -0.4 is 9.47 Å². The van der Waals surface area contributed by atoms with E-state index in [9.17, 15) is 0 Å². The van der Waals surface area contributed by atoms with Crippen molar-refractivity contribution < 1.29 is 9.47 Å². The third-order valence-corrected chi connectivity index (χ3v) is 2.12. The van der Waals surface area contributed by atoms with Crippen molar-refractivity contribution in [2.24, 2.45) is 0 Å². The van der Waals surface area contributed by atoms with E-state index in [2.05, 4.69) is 34.8 Å². The lowest BCUT2D eigenvalue weighted by Crippen LogP contribution is -2.02. The zero-order valence-electron chi connectivity index (χ0n) is 9.12. The molecule has 0 aliphatic heterocycles. The number of hydrogen-bond donors (Lipinski definition) is 0. The minimum atomic E-state index is 0.577. The molecule has 0 fully saturated rings. The molecule has 15 heavy (non-hydrogen) atoms. The van der Waals surface area contributed by atoms with Crippen LogP contribution in [0.5, 0.6) is 11.6 Å². The molecule has 1 aromatic rings. The average Bonchev–Trinajstić information content (AvgIpc) is 2.25. The summed E-state index contributed by atoms with van der Waals surface area (Å²) in [6, 6.07) is 1.88. The lowest BCUT2D eigenvalue weighted by molar-refractivity contribution is 0.259. The van der Waals surface area contributed by atoms with Gasteiger partial charge in [-0.1, -0.05) is 13.8 Å². The maximum absolute atomic E-state index is 5.55. The standard InChI is InChI=1S/C11H16BrNO2/c1-3-5-14-10-7-9(12)8-13-11(10)15-6-4-2/h7-8H,3-6H2,1-2H3. The molecular weight excluding hydrogens is 258 g/mol. The van der Waals surface area contributed by atoms with Crippen molar-refractivity contribution in [1.29, 1.82) is 0 Å². The van der Waals surface area contributed by atoms with E-state index in [0.717, 1.165) is 17.3 Å². The summed E-state index contributed by atoms with van der Waals surface area (Å²) in [5.41, 5.74) is 0. The first-order valence-corrected chi connectivity index (χ1v) is 5.98. The lowest BCUT2D eigenvalue weighted by Gasteiger charge is -2.10. The second kappa shape index (κ2) is 6.67. The van der Waals surface area contributed by atoms with Crippen molar-refractivity contribution in [3.63, 3.8) is 0 Å². The van der Waals surface area contributed by atoms with E-state index in [4.69, 9.17) is 9.47 Å². The van der Waals surface area contributed by atoms with Gasteiger partial charge in [-0.3, -0.25) is 0 Å². The van der Waals surface area contributed by atoms with Gasteiger partial charge in [0, 0.05) is 16.7 Å². The largest absolute Gasteiger partial charge is 0.488 e. The molecule has 0 N–H and O–H groups in total. The van der Waals surface area contributed by atoms with Gasteiger partial charge in [0.1, 0.15) is 0 Å². The zero-order chi connectivity index (χ0) is 11.1. The predicted octanol–water partition coefficient (Wildman–Crippen LogP) is 3.42. The Morgan fingerprint density at radius 1 is 1.20 bits per heavy atom. The van der Waals surface area contributed by atoms with Crippen molar-refractivity contribution >= 4 is 15.9 Å². The molecule has 3 nitrogen and oxygen atoms in total. The number of rotatable bonds is 6. The summed E-state index contributed by atoms with van der Waals surface area (Å²) in [5, 5.41) is 0. The zero-order valence-corrected chi connectivity index (χ0v) is 10.7. The summed E-state index contributed by atoms with van der Waals surface area (Å²) >= 11 is 3.36. The van der Waals surface area contributed by atoms with Gasteiger partial charge < -0.3 is 9.47 Å². The lowest BCUT2D eigenvalue weighted by atomic mass is 10.4. The number of hydrogen-bond acceptors (Lipinski definition) is 3. The van der Waals surface area contributed by atoms with Crippen molar-refractivity contribution in [2.45, 2.75) is 26.7 Å². The van der Waals surface area contributed by atoms with E-state index in [1.807, 2.05) is 6.07 Å². The van der Waals surface area contributed by atoms with Gasteiger partial charge in [0.2, 0.25) is 0 Å². The van der Waals surface area contributed by atoms with Gasteiger partial charge >= 0.3 is 0 Å². The van der Waals surface area contributed by atoms with Gasteiger partial charge in [-0.25, -0.2) is 4.98 Å². The van der Waals surface area contributed by atoms with Gasteiger partial charge in [0.25, 0.3) is 5.88 Å². The summed E-state index contributed by atoms with van der Waals surface area (Å²) in [5.74, 6) is 1.29. The van der Waals surface area contributed by atoms with Crippen LogP contribution in [0.3, 0.4) is 0 Å². The molecule has 0 saturated carbocycles. The molecule has 4 heteroatoms. The van der Waals surface area contributed by atoms with Crippen LogP contribution in [0, 0.1) is 0 Å². The van der Waals surface area contributed by atoms with E-state index in [0.29, 0.717) is 24.8 Å². The Bertz CT molecular complexity index is 305. The van der Waals surface area contributed by atoms with E-state index >= 15 is 0 Å². The summed E-state index contributed by atoms with van der Waals surface area (Å²) in [6.07, 6.45) is 3.65. The number of aromatic nitrogens is 1. The second-order valence-electron chi connectivity index (χ2n) is 3.15. The molecule has 1 rings (SSSR count). The molecule has 0 atom stereocenters. The normalized spacial score (nSPS) is 10.1. The Kier molecular flexibility index (Phi) is 5.47. The van der Waals surface area contributed by atoms with Crippen LogP contribution in [0.15, 0.2) is 16.7 Å². The molecule has 1 heterocycles. The van der Waals surface area contributed by atoms with Crippen LogP contribution in [0.4, 0.5) is 0 Å². The number of halogens is 1. The highest BCUT2D eigenvalue weighted by Gasteiger charge is 2.06. The molecule has 0 aliphatic carbocycles. The topological polar surface area (TPSA) is 31.4 Å². The minimum absolute atomic E-state index is 0.577. The first-order chi connectivity index (χ1) is 7.27. The van der Waals surface area contributed by atoms with Crippen LogP contribution in [0.2, 0.25) is 0 Å². The fourth-order valence-corrected chi connectivity index (χ4v) is 1.34. The predicted molar refractivity (Wildman–Crippen MR) is 63.5 cm³/mol.